The Bertz CT molecular complexity index is 987. The maximum absolute atomic E-state index is 4.98. The number of hydrogen-bond donors (Lipinski definition) is 0. The SMILES string of the molecule is CC[C@@H]1c2nnc(C)n2-c2cnc(-n3cnc(Br)c3)nc2N1C1CCCC1. The van der Waals surface area contributed by atoms with E-state index in [0.717, 1.165) is 34.2 Å². The molecule has 1 saturated carbocycles. The molecule has 0 N–H and O–H groups in total. The number of nitrogens with zero attached hydrogens (tertiary/aromatic N) is 8. The molecule has 0 spiro atoms. The molecule has 1 atom stereocenters. The van der Waals surface area contributed by atoms with E-state index in [0.29, 0.717) is 12.0 Å². The molecule has 5 rings (SSSR count). The Morgan fingerprint density at radius 3 is 2.70 bits per heavy atom. The van der Waals surface area contributed by atoms with Crippen LogP contribution in [0.1, 0.15) is 56.7 Å². The molecule has 9 heteroatoms. The fourth-order valence-electron chi connectivity index (χ4n) is 4.39. The van der Waals surface area contributed by atoms with Crippen LogP contribution < -0.4 is 4.90 Å². The highest BCUT2D eigenvalue weighted by atomic mass is 79.9. The number of anilines is 1. The van der Waals surface area contributed by atoms with Crippen molar-refractivity contribution in [3.8, 4) is 11.6 Å². The van der Waals surface area contributed by atoms with E-state index in [1.54, 1.807) is 6.33 Å². The van der Waals surface area contributed by atoms with Crippen molar-refractivity contribution >= 4 is 21.7 Å². The fourth-order valence-corrected chi connectivity index (χ4v) is 4.70. The minimum Gasteiger partial charge on any atom is -0.341 e. The minimum absolute atomic E-state index is 0.180. The van der Waals surface area contributed by atoms with Gasteiger partial charge in [0.25, 0.3) is 0 Å². The van der Waals surface area contributed by atoms with Crippen LogP contribution in [0.5, 0.6) is 0 Å². The molecule has 8 nitrogen and oxygen atoms in total. The molecule has 2 aliphatic rings. The van der Waals surface area contributed by atoms with Crippen LogP contribution in [0, 0.1) is 6.92 Å². The van der Waals surface area contributed by atoms with Crippen LogP contribution >= 0.6 is 15.9 Å². The van der Waals surface area contributed by atoms with Crippen molar-refractivity contribution in [2.24, 2.45) is 0 Å². The first-order valence-electron chi connectivity index (χ1n) is 9.45. The topological polar surface area (TPSA) is 77.5 Å². The summed E-state index contributed by atoms with van der Waals surface area (Å²) >= 11 is 3.40. The molecular weight excluding hydrogens is 408 g/mol. The molecule has 0 unspecified atom stereocenters. The Labute approximate surface area is 165 Å². The smallest absolute Gasteiger partial charge is 0.237 e. The van der Waals surface area contributed by atoms with Gasteiger partial charge in [-0.2, -0.15) is 4.98 Å². The monoisotopic (exact) mass is 428 g/mol. The van der Waals surface area contributed by atoms with Crippen LogP contribution in [0.25, 0.3) is 11.6 Å². The molecule has 1 aliphatic heterocycles. The highest BCUT2D eigenvalue weighted by molar-refractivity contribution is 9.10. The zero-order valence-corrected chi connectivity index (χ0v) is 17.0. The summed E-state index contributed by atoms with van der Waals surface area (Å²) in [5.41, 5.74) is 0.965. The van der Waals surface area contributed by atoms with E-state index in [1.807, 2.05) is 23.9 Å². The Morgan fingerprint density at radius 1 is 1.19 bits per heavy atom. The van der Waals surface area contributed by atoms with Gasteiger partial charge in [0.2, 0.25) is 5.95 Å². The third-order valence-electron chi connectivity index (χ3n) is 5.59. The van der Waals surface area contributed by atoms with Gasteiger partial charge in [0, 0.05) is 12.2 Å². The lowest BCUT2D eigenvalue weighted by Gasteiger charge is -2.41. The quantitative estimate of drug-likeness (QED) is 0.634. The average molecular weight is 429 g/mol. The van der Waals surface area contributed by atoms with Crippen molar-refractivity contribution in [1.82, 2.24) is 34.3 Å². The lowest BCUT2D eigenvalue weighted by Crippen LogP contribution is -2.42. The zero-order valence-electron chi connectivity index (χ0n) is 15.4. The molecule has 0 aromatic carbocycles. The maximum atomic E-state index is 4.98. The summed E-state index contributed by atoms with van der Waals surface area (Å²) in [5.74, 6) is 3.46. The van der Waals surface area contributed by atoms with Crippen molar-refractivity contribution in [2.45, 2.75) is 58.0 Å². The summed E-state index contributed by atoms with van der Waals surface area (Å²) in [6.07, 6.45) is 11.4. The third kappa shape index (κ3) is 2.59. The largest absolute Gasteiger partial charge is 0.341 e. The van der Waals surface area contributed by atoms with Gasteiger partial charge in [-0.05, 0) is 42.1 Å². The van der Waals surface area contributed by atoms with E-state index in [2.05, 4.69) is 52.5 Å². The first kappa shape index (κ1) is 16.9. The second kappa shape index (κ2) is 6.40. The molecule has 0 amide bonds. The molecule has 1 fully saturated rings. The van der Waals surface area contributed by atoms with E-state index in [9.17, 15) is 0 Å². The van der Waals surface area contributed by atoms with Crippen molar-refractivity contribution in [3.05, 3.63) is 35.0 Å². The number of imidazole rings is 1. The van der Waals surface area contributed by atoms with Gasteiger partial charge in [0.1, 0.15) is 22.4 Å². The number of aromatic nitrogens is 7. The standard InChI is InChI=1S/C18H21BrN8/c1-3-13-17-24-23-11(2)26(17)14-8-20-18(25-9-15(19)21-10-25)22-16(14)27(13)12-6-4-5-7-12/h8-10,12-13H,3-7H2,1-2H3/t13-/m1/s1. The summed E-state index contributed by atoms with van der Waals surface area (Å²) in [5, 5.41) is 8.86. The minimum atomic E-state index is 0.180. The zero-order chi connectivity index (χ0) is 18.5. The third-order valence-corrected chi connectivity index (χ3v) is 6.00. The van der Waals surface area contributed by atoms with Crippen LogP contribution in [0.2, 0.25) is 0 Å². The summed E-state index contributed by atoms with van der Waals surface area (Å²) in [7, 11) is 0. The van der Waals surface area contributed by atoms with Crippen molar-refractivity contribution < 1.29 is 0 Å². The number of hydrogen-bond acceptors (Lipinski definition) is 6. The van der Waals surface area contributed by atoms with Gasteiger partial charge in [0.05, 0.1) is 12.2 Å². The van der Waals surface area contributed by atoms with Crippen molar-refractivity contribution in [1.29, 1.82) is 0 Å². The Balaban J connectivity index is 1.71. The molecule has 1 aliphatic carbocycles. The molecule has 140 valence electrons. The summed E-state index contributed by atoms with van der Waals surface area (Å²) < 4.78 is 4.72. The number of aryl methyl sites for hydroxylation is 1. The number of fused-ring (bicyclic) bond motifs is 3. The van der Waals surface area contributed by atoms with E-state index < -0.39 is 0 Å². The van der Waals surface area contributed by atoms with Gasteiger partial charge in [-0.3, -0.25) is 9.13 Å². The Kier molecular flexibility index (Phi) is 3.99. The molecule has 0 bridgehead atoms. The van der Waals surface area contributed by atoms with Gasteiger partial charge in [-0.25, -0.2) is 9.97 Å². The van der Waals surface area contributed by atoms with Crippen LogP contribution in [-0.2, 0) is 0 Å². The summed E-state index contributed by atoms with van der Waals surface area (Å²) in [4.78, 5) is 16.3. The highest BCUT2D eigenvalue weighted by Gasteiger charge is 2.39. The van der Waals surface area contributed by atoms with Gasteiger partial charge < -0.3 is 4.90 Å². The normalized spacial score (nSPS) is 19.4. The predicted molar refractivity (Wildman–Crippen MR) is 104 cm³/mol. The molecule has 0 radical (unpaired) electrons. The van der Waals surface area contributed by atoms with Crippen LogP contribution in [-0.4, -0.2) is 40.3 Å². The Hall–Kier alpha value is -2.29. The van der Waals surface area contributed by atoms with E-state index >= 15 is 0 Å². The number of halogens is 1. The first-order valence-corrected chi connectivity index (χ1v) is 10.2. The molecular formula is C18H21BrN8. The molecule has 3 aromatic rings. The van der Waals surface area contributed by atoms with Gasteiger partial charge >= 0.3 is 0 Å². The second-order valence-corrected chi connectivity index (χ2v) is 8.01. The molecule has 3 aromatic heterocycles. The van der Waals surface area contributed by atoms with Crippen molar-refractivity contribution in [3.63, 3.8) is 0 Å². The average Bonchev–Trinajstić information content (AvgIpc) is 3.42. The summed E-state index contributed by atoms with van der Waals surface area (Å²) in [6, 6.07) is 0.663. The lowest BCUT2D eigenvalue weighted by atomic mass is 10.0. The summed E-state index contributed by atoms with van der Waals surface area (Å²) in [6.45, 7) is 4.19. The predicted octanol–water partition coefficient (Wildman–Crippen LogP) is 3.53. The first-order chi connectivity index (χ1) is 13.2. The Morgan fingerprint density at radius 2 is 2.00 bits per heavy atom. The van der Waals surface area contributed by atoms with Gasteiger partial charge in [0.15, 0.2) is 11.6 Å². The van der Waals surface area contributed by atoms with Crippen molar-refractivity contribution in [2.75, 3.05) is 4.90 Å². The van der Waals surface area contributed by atoms with E-state index in [4.69, 9.17) is 4.98 Å². The van der Waals surface area contributed by atoms with Gasteiger partial charge in [-0.1, -0.05) is 19.8 Å². The molecule has 0 saturated heterocycles. The van der Waals surface area contributed by atoms with Crippen LogP contribution in [0.4, 0.5) is 5.82 Å². The maximum Gasteiger partial charge on any atom is 0.237 e. The van der Waals surface area contributed by atoms with Crippen LogP contribution in [0.15, 0.2) is 23.3 Å². The van der Waals surface area contributed by atoms with E-state index in [1.165, 1.54) is 25.7 Å². The number of rotatable bonds is 3. The van der Waals surface area contributed by atoms with E-state index in [-0.39, 0.29) is 6.04 Å². The molecule has 27 heavy (non-hydrogen) atoms. The molecule has 4 heterocycles. The van der Waals surface area contributed by atoms with Gasteiger partial charge in [-0.15, -0.1) is 10.2 Å². The lowest BCUT2D eigenvalue weighted by molar-refractivity contribution is 0.467. The highest BCUT2D eigenvalue weighted by Crippen LogP contribution is 2.43. The second-order valence-electron chi connectivity index (χ2n) is 7.19. The fraction of sp³-hybridized carbons (Fsp3) is 0.500. The van der Waals surface area contributed by atoms with Crippen LogP contribution in [0.3, 0.4) is 0 Å².